The maximum atomic E-state index is 15.0. The number of amides is 2. The zero-order chi connectivity index (χ0) is 28.6. The van der Waals surface area contributed by atoms with Crippen LogP contribution in [0.2, 0.25) is 5.02 Å². The van der Waals surface area contributed by atoms with Crippen LogP contribution in [0.5, 0.6) is 5.75 Å². The van der Waals surface area contributed by atoms with E-state index in [1.165, 1.54) is 24.3 Å². The van der Waals surface area contributed by atoms with Crippen LogP contribution in [0.15, 0.2) is 71.6 Å². The van der Waals surface area contributed by atoms with Gasteiger partial charge in [-0.1, -0.05) is 29.8 Å². The molecule has 1 atom stereocenters. The molecule has 0 aliphatic rings. The van der Waals surface area contributed by atoms with Gasteiger partial charge in [-0.25, -0.2) is 22.0 Å². The van der Waals surface area contributed by atoms with Gasteiger partial charge in [-0.15, -0.1) is 0 Å². The summed E-state index contributed by atoms with van der Waals surface area (Å²) in [4.78, 5) is 13.4. The molecule has 0 saturated carbocycles. The van der Waals surface area contributed by atoms with Gasteiger partial charge >= 0.3 is 6.03 Å². The van der Waals surface area contributed by atoms with E-state index in [9.17, 15) is 17.6 Å². The van der Waals surface area contributed by atoms with Crippen LogP contribution in [0.25, 0.3) is 0 Å². The van der Waals surface area contributed by atoms with E-state index >= 15 is 4.39 Å². The van der Waals surface area contributed by atoms with E-state index in [1.54, 1.807) is 43.1 Å². The highest BCUT2D eigenvalue weighted by Gasteiger charge is 2.34. The van der Waals surface area contributed by atoms with Crippen LogP contribution in [-0.4, -0.2) is 46.1 Å². The third kappa shape index (κ3) is 7.39. The fraction of sp³-hybridized carbons (Fsp3) is 0.321. The van der Waals surface area contributed by atoms with E-state index in [4.69, 9.17) is 16.3 Å². The minimum Gasteiger partial charge on any atom is -0.493 e. The van der Waals surface area contributed by atoms with Gasteiger partial charge in [0.25, 0.3) is 10.0 Å². The topological polar surface area (TPSA) is 79.0 Å². The van der Waals surface area contributed by atoms with Crippen molar-refractivity contribution in [2.45, 2.75) is 37.6 Å². The van der Waals surface area contributed by atoms with Crippen LogP contribution in [0.4, 0.5) is 19.3 Å². The Bertz CT molecular complexity index is 1370. The van der Waals surface area contributed by atoms with E-state index in [0.717, 1.165) is 22.5 Å². The Morgan fingerprint density at radius 3 is 2.41 bits per heavy atom. The van der Waals surface area contributed by atoms with Crippen LogP contribution in [0.3, 0.4) is 0 Å². The number of nitrogens with zero attached hydrogens (tertiary/aromatic N) is 2. The molecule has 0 saturated heterocycles. The SMILES string of the molecule is CCN(CCCCOc1ccccc1C(C)N(c1cc(F)ccc1F)S(=O)(=O)c1ccc(Cl)cc1)C(=O)NC. The minimum absolute atomic E-state index is 0.127. The van der Waals surface area contributed by atoms with Crippen molar-refractivity contribution in [1.29, 1.82) is 0 Å². The summed E-state index contributed by atoms with van der Waals surface area (Å²) in [6.45, 7) is 4.93. The number of carbonyl (C=O) groups excluding carboxylic acids is 1. The highest BCUT2D eigenvalue weighted by Crippen LogP contribution is 2.38. The first-order chi connectivity index (χ1) is 18.6. The maximum absolute atomic E-state index is 15.0. The van der Waals surface area contributed by atoms with Crippen LogP contribution in [0.1, 0.15) is 38.3 Å². The first kappa shape index (κ1) is 30.2. The van der Waals surface area contributed by atoms with Crippen molar-refractivity contribution in [3.8, 4) is 5.75 Å². The molecule has 0 aliphatic heterocycles. The first-order valence-electron chi connectivity index (χ1n) is 12.5. The van der Waals surface area contributed by atoms with Gasteiger partial charge in [-0.05, 0) is 69.2 Å². The van der Waals surface area contributed by atoms with Crippen molar-refractivity contribution in [3.05, 3.63) is 89.0 Å². The highest BCUT2D eigenvalue weighted by molar-refractivity contribution is 7.92. The summed E-state index contributed by atoms with van der Waals surface area (Å²) in [5.74, 6) is -1.26. The summed E-state index contributed by atoms with van der Waals surface area (Å²) >= 11 is 5.95. The molecule has 210 valence electrons. The van der Waals surface area contributed by atoms with Gasteiger partial charge in [-0.2, -0.15) is 0 Å². The zero-order valence-electron chi connectivity index (χ0n) is 22.0. The molecule has 1 unspecified atom stereocenters. The zero-order valence-corrected chi connectivity index (χ0v) is 23.6. The number of sulfonamides is 1. The molecule has 2 amide bonds. The largest absolute Gasteiger partial charge is 0.493 e. The lowest BCUT2D eigenvalue weighted by Gasteiger charge is -2.32. The van der Waals surface area contributed by atoms with Crippen LogP contribution < -0.4 is 14.4 Å². The van der Waals surface area contributed by atoms with Crippen molar-refractivity contribution >= 4 is 33.3 Å². The van der Waals surface area contributed by atoms with Crippen LogP contribution >= 0.6 is 11.6 Å². The average molecular weight is 580 g/mol. The molecule has 0 spiro atoms. The lowest BCUT2D eigenvalue weighted by atomic mass is 10.1. The maximum Gasteiger partial charge on any atom is 0.317 e. The molecule has 11 heteroatoms. The molecule has 1 N–H and O–H groups in total. The molecular formula is C28H32ClF2N3O4S. The number of anilines is 1. The first-order valence-corrected chi connectivity index (χ1v) is 14.3. The third-order valence-electron chi connectivity index (χ3n) is 6.20. The van der Waals surface area contributed by atoms with Crippen molar-refractivity contribution in [3.63, 3.8) is 0 Å². The Labute approximate surface area is 233 Å². The van der Waals surface area contributed by atoms with E-state index in [0.29, 0.717) is 48.9 Å². The molecule has 0 fully saturated rings. The Morgan fingerprint density at radius 1 is 1.05 bits per heavy atom. The van der Waals surface area contributed by atoms with E-state index < -0.39 is 33.4 Å². The standard InChI is InChI=1S/C28H32ClF2N3O4S/c1-4-33(28(35)32-3)17-7-8-18-38-27-10-6-5-9-24(27)20(2)34(26-19-22(30)13-16-25(26)31)39(36,37)23-14-11-21(29)12-15-23/h5-6,9-16,19-20H,4,7-8,17-18H2,1-3H3,(H,32,35). The molecule has 3 rings (SSSR count). The molecule has 0 aliphatic carbocycles. The lowest BCUT2D eigenvalue weighted by Crippen LogP contribution is -2.38. The van der Waals surface area contributed by atoms with Gasteiger partial charge in [0.2, 0.25) is 0 Å². The third-order valence-corrected chi connectivity index (χ3v) is 8.35. The van der Waals surface area contributed by atoms with Crippen molar-refractivity contribution in [2.24, 2.45) is 0 Å². The number of hydrogen-bond donors (Lipinski definition) is 1. The molecule has 3 aromatic rings. The molecule has 0 aromatic heterocycles. The summed E-state index contributed by atoms with van der Waals surface area (Å²) in [7, 11) is -2.78. The smallest absolute Gasteiger partial charge is 0.317 e. The molecule has 39 heavy (non-hydrogen) atoms. The number of halogens is 3. The Kier molecular flexibility index (Phi) is 10.5. The summed E-state index contributed by atoms with van der Waals surface area (Å²) in [5.41, 5.74) is 0.0420. The van der Waals surface area contributed by atoms with Crippen molar-refractivity contribution in [1.82, 2.24) is 10.2 Å². The summed E-state index contributed by atoms with van der Waals surface area (Å²) in [6.07, 6.45) is 1.34. The minimum atomic E-state index is -4.36. The fourth-order valence-corrected chi connectivity index (χ4v) is 5.91. The Balaban J connectivity index is 1.90. The van der Waals surface area contributed by atoms with E-state index in [1.807, 2.05) is 6.92 Å². The monoisotopic (exact) mass is 579 g/mol. The molecule has 0 radical (unpaired) electrons. The molecular weight excluding hydrogens is 548 g/mol. The van der Waals surface area contributed by atoms with Gasteiger partial charge in [-0.3, -0.25) is 4.31 Å². The molecule has 7 nitrogen and oxygen atoms in total. The number of urea groups is 1. The predicted octanol–water partition coefficient (Wildman–Crippen LogP) is 6.40. The second-order valence-corrected chi connectivity index (χ2v) is 11.0. The number of para-hydroxylation sites is 1. The Hall–Kier alpha value is -3.37. The van der Waals surface area contributed by atoms with E-state index in [2.05, 4.69) is 5.32 Å². The average Bonchev–Trinajstić information content (AvgIpc) is 2.92. The second-order valence-electron chi connectivity index (χ2n) is 8.75. The quantitative estimate of drug-likeness (QED) is 0.252. The number of benzene rings is 3. The molecule has 3 aromatic carbocycles. The number of ether oxygens (including phenoxy) is 1. The Morgan fingerprint density at radius 2 is 1.74 bits per heavy atom. The summed E-state index contributed by atoms with van der Waals surface area (Å²) in [6, 6.07) is 13.9. The van der Waals surface area contributed by atoms with Gasteiger partial charge in [0, 0.05) is 36.8 Å². The number of unbranched alkanes of at least 4 members (excludes halogenated alkanes) is 1. The highest BCUT2D eigenvalue weighted by atomic mass is 35.5. The molecule has 0 heterocycles. The number of rotatable bonds is 12. The fourth-order valence-electron chi connectivity index (χ4n) is 4.15. The van der Waals surface area contributed by atoms with Gasteiger partial charge in [0.1, 0.15) is 17.4 Å². The summed E-state index contributed by atoms with van der Waals surface area (Å²) < 4.78 is 63.8. The normalized spacial score (nSPS) is 12.1. The number of nitrogens with one attached hydrogen (secondary N) is 1. The molecule has 0 bridgehead atoms. The van der Waals surface area contributed by atoms with Crippen LogP contribution in [0, 0.1) is 11.6 Å². The van der Waals surface area contributed by atoms with Crippen molar-refractivity contribution in [2.75, 3.05) is 31.0 Å². The van der Waals surface area contributed by atoms with Gasteiger partial charge in [0.15, 0.2) is 0 Å². The number of hydrogen-bond acceptors (Lipinski definition) is 4. The van der Waals surface area contributed by atoms with Gasteiger partial charge < -0.3 is 15.0 Å². The van der Waals surface area contributed by atoms with E-state index in [-0.39, 0.29) is 10.9 Å². The number of carbonyl (C=O) groups is 1. The van der Waals surface area contributed by atoms with Gasteiger partial charge in [0.05, 0.1) is 23.2 Å². The summed E-state index contributed by atoms with van der Waals surface area (Å²) in [5, 5.41) is 2.94. The predicted molar refractivity (Wildman–Crippen MR) is 149 cm³/mol. The van der Waals surface area contributed by atoms with Crippen molar-refractivity contribution < 1.29 is 26.7 Å². The lowest BCUT2D eigenvalue weighted by molar-refractivity contribution is 0.199. The second kappa shape index (κ2) is 13.6. The van der Waals surface area contributed by atoms with Crippen LogP contribution in [-0.2, 0) is 10.0 Å².